The van der Waals surface area contributed by atoms with E-state index >= 15 is 0 Å². The fourth-order valence-corrected chi connectivity index (χ4v) is 4.13. The Morgan fingerprint density at radius 1 is 1.04 bits per heavy atom. The topological polar surface area (TPSA) is 60.2 Å². The van der Waals surface area contributed by atoms with E-state index in [4.69, 9.17) is 40.2 Å². The minimum Gasteiger partial charge on any atom is -0.510 e. The highest BCUT2D eigenvalue weighted by Crippen LogP contribution is 2.36. The molecule has 0 radical (unpaired) electrons. The Bertz CT molecular complexity index is 1080. The van der Waals surface area contributed by atoms with E-state index < -0.39 is 0 Å². The summed E-state index contributed by atoms with van der Waals surface area (Å²) in [5.41, 5.74) is 2.80. The van der Waals surface area contributed by atoms with Gasteiger partial charge in [0.05, 0.1) is 27.9 Å². The van der Waals surface area contributed by atoms with E-state index in [-0.39, 0.29) is 18.1 Å². The molecule has 0 fully saturated rings. The molecular formula is C19H12Cl3N3OS. The monoisotopic (exact) mass is 435 g/mol. The van der Waals surface area contributed by atoms with E-state index in [0.717, 1.165) is 11.3 Å². The largest absolute Gasteiger partial charge is 0.510 e. The number of hydrogen-bond donors (Lipinski definition) is 2. The van der Waals surface area contributed by atoms with Gasteiger partial charge in [0, 0.05) is 21.7 Å². The van der Waals surface area contributed by atoms with Gasteiger partial charge in [-0.3, -0.25) is 5.41 Å². The van der Waals surface area contributed by atoms with E-state index in [1.54, 1.807) is 35.2 Å². The Balaban J connectivity index is 1.64. The van der Waals surface area contributed by atoms with E-state index in [2.05, 4.69) is 4.98 Å². The molecule has 0 saturated carbocycles. The van der Waals surface area contributed by atoms with Gasteiger partial charge in [0.1, 0.15) is 16.6 Å². The molecule has 0 spiro atoms. The van der Waals surface area contributed by atoms with Crippen LogP contribution >= 0.6 is 46.1 Å². The van der Waals surface area contributed by atoms with E-state index in [1.165, 1.54) is 11.3 Å². The molecular weight excluding hydrogens is 425 g/mol. The van der Waals surface area contributed by atoms with Crippen LogP contribution < -0.4 is 4.90 Å². The van der Waals surface area contributed by atoms with Crippen molar-refractivity contribution in [1.82, 2.24) is 4.98 Å². The molecule has 3 aromatic rings. The summed E-state index contributed by atoms with van der Waals surface area (Å²) in [5.74, 6) is 0.269. The van der Waals surface area contributed by atoms with Gasteiger partial charge in [0.15, 0.2) is 0 Å². The summed E-state index contributed by atoms with van der Waals surface area (Å²) in [6.07, 6.45) is 0. The molecule has 0 atom stereocenters. The molecule has 2 N–H and O–H groups in total. The Kier molecular flexibility index (Phi) is 4.86. The van der Waals surface area contributed by atoms with Crippen molar-refractivity contribution in [2.75, 3.05) is 11.4 Å². The fourth-order valence-electron chi connectivity index (χ4n) is 2.82. The molecule has 0 bridgehead atoms. The number of thiazole rings is 1. The number of amidine groups is 1. The molecule has 136 valence electrons. The standard InChI is InChI=1S/C19H12Cl3N3OS/c20-11-3-1-10(2-4-11)15-9-27-19(24-15)17-16(26)8-25(18(17)23)12-5-6-13(21)14(22)7-12/h1-7,9,23,26H,8H2. The van der Waals surface area contributed by atoms with Crippen molar-refractivity contribution >= 4 is 63.2 Å². The smallest absolute Gasteiger partial charge is 0.139 e. The third-order valence-corrected chi connectivity index (χ3v) is 6.03. The molecule has 1 aliphatic rings. The van der Waals surface area contributed by atoms with Crippen molar-refractivity contribution in [3.63, 3.8) is 0 Å². The van der Waals surface area contributed by atoms with Crippen LogP contribution in [0.2, 0.25) is 15.1 Å². The number of aliphatic hydroxyl groups excluding tert-OH is 1. The van der Waals surface area contributed by atoms with Gasteiger partial charge in [-0.25, -0.2) is 4.98 Å². The lowest BCUT2D eigenvalue weighted by Crippen LogP contribution is -2.25. The summed E-state index contributed by atoms with van der Waals surface area (Å²) in [6.45, 7) is 0.183. The highest BCUT2D eigenvalue weighted by atomic mass is 35.5. The molecule has 4 nitrogen and oxygen atoms in total. The first-order valence-electron chi connectivity index (χ1n) is 7.89. The van der Waals surface area contributed by atoms with Gasteiger partial charge in [0.2, 0.25) is 0 Å². The van der Waals surface area contributed by atoms with Crippen molar-refractivity contribution in [3.05, 3.63) is 73.7 Å². The van der Waals surface area contributed by atoms with E-state index in [0.29, 0.717) is 31.3 Å². The van der Waals surface area contributed by atoms with Gasteiger partial charge in [-0.1, -0.05) is 46.9 Å². The quantitative estimate of drug-likeness (QED) is 0.490. The summed E-state index contributed by atoms with van der Waals surface area (Å²) in [6, 6.07) is 12.5. The summed E-state index contributed by atoms with van der Waals surface area (Å²) < 4.78 is 0. The number of nitrogens with one attached hydrogen (secondary N) is 1. The molecule has 4 rings (SSSR count). The second-order valence-corrected chi connectivity index (χ2v) is 8.01. The predicted octanol–water partition coefficient (Wildman–Crippen LogP) is 6.54. The van der Waals surface area contributed by atoms with Gasteiger partial charge in [-0.2, -0.15) is 0 Å². The first-order chi connectivity index (χ1) is 12.9. The Hall–Kier alpha value is -2.05. The number of rotatable bonds is 3. The van der Waals surface area contributed by atoms with Crippen molar-refractivity contribution in [2.24, 2.45) is 0 Å². The summed E-state index contributed by atoms with van der Waals surface area (Å²) in [7, 11) is 0. The number of aromatic nitrogens is 1. The molecule has 2 heterocycles. The molecule has 0 amide bonds. The zero-order valence-corrected chi connectivity index (χ0v) is 16.8. The minimum absolute atomic E-state index is 0.100. The number of benzene rings is 2. The maximum atomic E-state index is 10.5. The molecule has 0 aliphatic carbocycles. The first-order valence-corrected chi connectivity index (χ1v) is 9.91. The summed E-state index contributed by atoms with van der Waals surface area (Å²) in [4.78, 5) is 6.26. The lowest BCUT2D eigenvalue weighted by molar-refractivity contribution is 0.411. The van der Waals surface area contributed by atoms with Crippen LogP contribution in [-0.4, -0.2) is 22.5 Å². The van der Waals surface area contributed by atoms with Crippen LogP contribution in [0, 0.1) is 5.41 Å². The molecule has 1 aromatic heterocycles. The Morgan fingerprint density at radius 2 is 1.78 bits per heavy atom. The lowest BCUT2D eigenvalue weighted by Gasteiger charge is -2.19. The number of hydrogen-bond acceptors (Lipinski definition) is 4. The summed E-state index contributed by atoms with van der Waals surface area (Å²) >= 11 is 19.4. The molecule has 2 aromatic carbocycles. The van der Waals surface area contributed by atoms with Crippen molar-refractivity contribution in [1.29, 1.82) is 5.41 Å². The molecule has 0 saturated heterocycles. The zero-order chi connectivity index (χ0) is 19.1. The maximum Gasteiger partial charge on any atom is 0.139 e. The Morgan fingerprint density at radius 3 is 2.48 bits per heavy atom. The van der Waals surface area contributed by atoms with Crippen LogP contribution in [0.1, 0.15) is 5.01 Å². The van der Waals surface area contributed by atoms with Crippen molar-refractivity contribution in [2.45, 2.75) is 0 Å². The van der Waals surface area contributed by atoms with Gasteiger partial charge in [-0.15, -0.1) is 11.3 Å². The average molecular weight is 437 g/mol. The van der Waals surface area contributed by atoms with Gasteiger partial charge < -0.3 is 10.0 Å². The second kappa shape index (κ2) is 7.17. The third kappa shape index (κ3) is 3.44. The third-order valence-electron chi connectivity index (χ3n) is 4.18. The SMILES string of the molecule is N=C1C(c2nc(-c3ccc(Cl)cc3)cs2)=C(O)CN1c1ccc(Cl)c(Cl)c1. The number of anilines is 1. The highest BCUT2D eigenvalue weighted by Gasteiger charge is 2.31. The van der Waals surface area contributed by atoms with Gasteiger partial charge in [-0.05, 0) is 30.3 Å². The van der Waals surface area contributed by atoms with Crippen LogP contribution in [0.15, 0.2) is 53.6 Å². The average Bonchev–Trinajstić information content (AvgIpc) is 3.22. The summed E-state index contributed by atoms with van der Waals surface area (Å²) in [5, 5.41) is 23.0. The highest BCUT2D eigenvalue weighted by molar-refractivity contribution is 7.11. The fraction of sp³-hybridized carbons (Fsp3) is 0.0526. The normalized spacial score (nSPS) is 14.3. The maximum absolute atomic E-state index is 10.5. The first kappa shape index (κ1) is 18.3. The molecule has 0 unspecified atom stereocenters. The van der Waals surface area contributed by atoms with Crippen LogP contribution in [-0.2, 0) is 0 Å². The zero-order valence-electron chi connectivity index (χ0n) is 13.7. The van der Waals surface area contributed by atoms with Crippen LogP contribution in [0.3, 0.4) is 0 Å². The second-order valence-electron chi connectivity index (χ2n) is 5.90. The lowest BCUT2D eigenvalue weighted by atomic mass is 10.2. The number of aliphatic hydroxyl groups is 1. The molecule has 1 aliphatic heterocycles. The van der Waals surface area contributed by atoms with Crippen LogP contribution in [0.4, 0.5) is 5.69 Å². The van der Waals surface area contributed by atoms with Crippen LogP contribution in [0.5, 0.6) is 0 Å². The van der Waals surface area contributed by atoms with Crippen LogP contribution in [0.25, 0.3) is 16.8 Å². The number of nitrogens with zero attached hydrogens (tertiary/aromatic N) is 2. The van der Waals surface area contributed by atoms with E-state index in [1.807, 2.05) is 17.5 Å². The van der Waals surface area contributed by atoms with Crippen molar-refractivity contribution in [3.8, 4) is 11.3 Å². The Labute approximate surface area is 174 Å². The number of halogens is 3. The molecule has 8 heteroatoms. The molecule has 27 heavy (non-hydrogen) atoms. The van der Waals surface area contributed by atoms with Gasteiger partial charge >= 0.3 is 0 Å². The van der Waals surface area contributed by atoms with Gasteiger partial charge in [0.25, 0.3) is 0 Å². The predicted molar refractivity (Wildman–Crippen MR) is 114 cm³/mol. The minimum atomic E-state index is 0.100. The van der Waals surface area contributed by atoms with E-state index in [9.17, 15) is 5.11 Å². The van der Waals surface area contributed by atoms with Crippen molar-refractivity contribution < 1.29 is 5.11 Å².